The molecule has 0 saturated carbocycles. The number of nitrogens with zero attached hydrogens (tertiary/aromatic N) is 8. The Labute approximate surface area is 162 Å². The minimum Gasteiger partial charge on any atom is -0.353 e. The van der Waals surface area contributed by atoms with E-state index in [9.17, 15) is 0 Å². The SMILES string of the molecule is Cc1nc2ccccc2nc1N1CCN(c2cc(-n3cccn3)ncn2)CC1. The first kappa shape index (κ1) is 16.6. The number of rotatable bonds is 3. The lowest BCUT2D eigenvalue weighted by atomic mass is 10.2. The molecule has 4 aromatic rings. The standard InChI is InChI=1S/C20H20N8/c1-15-20(25-17-6-3-2-5-16(17)24-15)27-11-9-26(10-12-27)18-13-19(22-14-21-18)28-8-4-7-23-28/h2-8,13-14H,9-12H2,1H3. The van der Waals surface area contributed by atoms with E-state index in [2.05, 4.69) is 24.9 Å². The van der Waals surface area contributed by atoms with E-state index in [1.54, 1.807) is 17.2 Å². The van der Waals surface area contributed by atoms with E-state index in [-0.39, 0.29) is 0 Å². The number of aromatic nitrogens is 6. The number of anilines is 2. The molecule has 140 valence electrons. The highest BCUT2D eigenvalue weighted by Crippen LogP contribution is 2.23. The van der Waals surface area contributed by atoms with Crippen molar-refractivity contribution in [3.63, 3.8) is 0 Å². The van der Waals surface area contributed by atoms with Crippen LogP contribution in [0.5, 0.6) is 0 Å². The number of benzene rings is 1. The highest BCUT2D eigenvalue weighted by molar-refractivity contribution is 5.76. The molecule has 1 aromatic carbocycles. The van der Waals surface area contributed by atoms with E-state index in [0.29, 0.717) is 0 Å². The first-order valence-electron chi connectivity index (χ1n) is 9.33. The molecule has 1 aliphatic heterocycles. The smallest absolute Gasteiger partial charge is 0.158 e. The fraction of sp³-hybridized carbons (Fsp3) is 0.250. The molecule has 8 nitrogen and oxygen atoms in total. The fourth-order valence-electron chi connectivity index (χ4n) is 3.57. The van der Waals surface area contributed by atoms with E-state index in [1.165, 1.54) is 0 Å². The van der Waals surface area contributed by atoms with Crippen LogP contribution < -0.4 is 9.80 Å². The van der Waals surface area contributed by atoms with Crippen molar-refractivity contribution >= 4 is 22.7 Å². The number of hydrogen-bond donors (Lipinski definition) is 0. The Kier molecular flexibility index (Phi) is 4.08. The van der Waals surface area contributed by atoms with Gasteiger partial charge in [-0.05, 0) is 25.1 Å². The van der Waals surface area contributed by atoms with Crippen LogP contribution in [0.1, 0.15) is 5.69 Å². The third-order valence-electron chi connectivity index (χ3n) is 5.00. The predicted molar refractivity (Wildman–Crippen MR) is 108 cm³/mol. The van der Waals surface area contributed by atoms with Crippen molar-refractivity contribution in [2.24, 2.45) is 0 Å². The molecular formula is C20H20N8. The van der Waals surface area contributed by atoms with Gasteiger partial charge in [-0.25, -0.2) is 24.6 Å². The van der Waals surface area contributed by atoms with E-state index in [4.69, 9.17) is 9.97 Å². The van der Waals surface area contributed by atoms with Gasteiger partial charge in [-0.1, -0.05) is 12.1 Å². The quantitative estimate of drug-likeness (QED) is 0.546. The van der Waals surface area contributed by atoms with Crippen LogP contribution in [0.15, 0.2) is 55.1 Å². The van der Waals surface area contributed by atoms with Crippen molar-refractivity contribution in [3.8, 4) is 5.82 Å². The highest BCUT2D eigenvalue weighted by Gasteiger charge is 2.21. The minimum absolute atomic E-state index is 0.772. The summed E-state index contributed by atoms with van der Waals surface area (Å²) >= 11 is 0. The molecule has 8 heteroatoms. The Balaban J connectivity index is 1.34. The average Bonchev–Trinajstić information content (AvgIpc) is 3.29. The normalized spacial score (nSPS) is 14.6. The molecule has 3 aromatic heterocycles. The van der Waals surface area contributed by atoms with Crippen LogP contribution in [0, 0.1) is 6.92 Å². The zero-order chi connectivity index (χ0) is 18.9. The van der Waals surface area contributed by atoms with Crippen LogP contribution in [0.2, 0.25) is 0 Å². The van der Waals surface area contributed by atoms with E-state index in [0.717, 1.165) is 60.4 Å². The Morgan fingerprint density at radius 3 is 2.29 bits per heavy atom. The summed E-state index contributed by atoms with van der Waals surface area (Å²) < 4.78 is 1.75. The maximum atomic E-state index is 4.85. The molecular weight excluding hydrogens is 352 g/mol. The van der Waals surface area contributed by atoms with Crippen LogP contribution in [0.4, 0.5) is 11.6 Å². The van der Waals surface area contributed by atoms with Crippen LogP contribution in [-0.2, 0) is 0 Å². The minimum atomic E-state index is 0.772. The summed E-state index contributed by atoms with van der Waals surface area (Å²) in [6, 6.07) is 11.9. The van der Waals surface area contributed by atoms with Crippen molar-refractivity contribution < 1.29 is 0 Å². The van der Waals surface area contributed by atoms with Crippen LogP contribution in [-0.4, -0.2) is 55.9 Å². The predicted octanol–water partition coefficient (Wildman–Crippen LogP) is 2.24. The summed E-state index contributed by atoms with van der Waals surface area (Å²) in [4.78, 5) is 22.9. The van der Waals surface area contributed by atoms with Gasteiger partial charge in [0.1, 0.15) is 12.1 Å². The molecule has 5 rings (SSSR count). The first-order chi connectivity index (χ1) is 13.8. The summed E-state index contributed by atoms with van der Waals surface area (Å²) in [6.45, 7) is 5.50. The fourth-order valence-corrected chi connectivity index (χ4v) is 3.57. The summed E-state index contributed by atoms with van der Waals surface area (Å²) in [5.41, 5.74) is 2.84. The van der Waals surface area contributed by atoms with Gasteiger partial charge < -0.3 is 9.80 Å². The topological polar surface area (TPSA) is 75.9 Å². The summed E-state index contributed by atoms with van der Waals surface area (Å²) in [7, 11) is 0. The Morgan fingerprint density at radius 2 is 1.54 bits per heavy atom. The second-order valence-electron chi connectivity index (χ2n) is 6.78. The van der Waals surface area contributed by atoms with Crippen molar-refractivity contribution in [3.05, 3.63) is 60.8 Å². The lowest BCUT2D eigenvalue weighted by molar-refractivity contribution is 0.638. The second-order valence-corrected chi connectivity index (χ2v) is 6.78. The molecule has 4 heterocycles. The van der Waals surface area contributed by atoms with Crippen molar-refractivity contribution in [2.45, 2.75) is 6.92 Å². The van der Waals surface area contributed by atoms with Gasteiger partial charge in [-0.3, -0.25) is 0 Å². The molecule has 1 fully saturated rings. The summed E-state index contributed by atoms with van der Waals surface area (Å²) in [5, 5.41) is 4.24. The highest BCUT2D eigenvalue weighted by atomic mass is 15.3. The molecule has 0 spiro atoms. The second kappa shape index (κ2) is 6.88. The number of piperazine rings is 1. The lowest BCUT2D eigenvalue weighted by Gasteiger charge is -2.36. The van der Waals surface area contributed by atoms with Gasteiger partial charge in [0.15, 0.2) is 11.6 Å². The largest absolute Gasteiger partial charge is 0.353 e. The first-order valence-corrected chi connectivity index (χ1v) is 9.33. The third kappa shape index (κ3) is 3.02. The Hall–Kier alpha value is -3.55. The van der Waals surface area contributed by atoms with Crippen molar-refractivity contribution in [1.82, 2.24) is 29.7 Å². The van der Waals surface area contributed by atoms with Gasteiger partial charge in [0, 0.05) is 44.6 Å². The van der Waals surface area contributed by atoms with Gasteiger partial charge in [0.25, 0.3) is 0 Å². The van der Waals surface area contributed by atoms with Gasteiger partial charge in [0.05, 0.1) is 16.7 Å². The molecule has 0 unspecified atom stereocenters. The van der Waals surface area contributed by atoms with Gasteiger partial charge >= 0.3 is 0 Å². The van der Waals surface area contributed by atoms with Crippen LogP contribution in [0.3, 0.4) is 0 Å². The van der Waals surface area contributed by atoms with E-state index >= 15 is 0 Å². The number of hydrogen-bond acceptors (Lipinski definition) is 7. The summed E-state index contributed by atoms with van der Waals surface area (Å²) in [5.74, 6) is 2.66. The van der Waals surface area contributed by atoms with Crippen molar-refractivity contribution in [2.75, 3.05) is 36.0 Å². The third-order valence-corrected chi connectivity index (χ3v) is 5.00. The molecule has 28 heavy (non-hydrogen) atoms. The molecule has 0 aliphatic carbocycles. The molecule has 0 atom stereocenters. The maximum absolute atomic E-state index is 4.85. The molecule has 0 N–H and O–H groups in total. The Morgan fingerprint density at radius 1 is 0.821 bits per heavy atom. The molecule has 1 saturated heterocycles. The monoisotopic (exact) mass is 372 g/mol. The van der Waals surface area contributed by atoms with Gasteiger partial charge in [-0.15, -0.1) is 0 Å². The van der Waals surface area contributed by atoms with E-state index < -0.39 is 0 Å². The van der Waals surface area contributed by atoms with E-state index in [1.807, 2.05) is 49.5 Å². The maximum Gasteiger partial charge on any atom is 0.158 e. The van der Waals surface area contributed by atoms with Crippen LogP contribution in [0.25, 0.3) is 16.9 Å². The van der Waals surface area contributed by atoms with Gasteiger partial charge in [0.2, 0.25) is 0 Å². The summed E-state index contributed by atoms with van der Waals surface area (Å²) in [6.07, 6.45) is 5.22. The lowest BCUT2D eigenvalue weighted by Crippen LogP contribution is -2.47. The Bertz CT molecular complexity index is 1100. The molecule has 0 amide bonds. The van der Waals surface area contributed by atoms with Crippen molar-refractivity contribution in [1.29, 1.82) is 0 Å². The zero-order valence-corrected chi connectivity index (χ0v) is 15.6. The average molecular weight is 372 g/mol. The number of para-hydroxylation sites is 2. The van der Waals surface area contributed by atoms with Gasteiger partial charge in [-0.2, -0.15) is 5.10 Å². The zero-order valence-electron chi connectivity index (χ0n) is 15.6. The molecule has 0 radical (unpaired) electrons. The number of fused-ring (bicyclic) bond motifs is 1. The number of aryl methyl sites for hydroxylation is 1. The molecule has 0 bridgehead atoms. The van der Waals surface area contributed by atoms with Crippen LogP contribution >= 0.6 is 0 Å². The molecule has 1 aliphatic rings.